The number of likely N-dealkylation sites (N-methyl/N-ethyl adjacent to an activating group) is 1. The van der Waals surface area contributed by atoms with Crippen molar-refractivity contribution in [3.05, 3.63) is 0 Å². The molecule has 0 aromatic heterocycles. The lowest BCUT2D eigenvalue weighted by Crippen LogP contribution is -2.64. The third-order valence-electron chi connectivity index (χ3n) is 2.93. The molecule has 2 aliphatic rings. The van der Waals surface area contributed by atoms with E-state index in [0.717, 1.165) is 0 Å². The smallest absolute Gasteiger partial charge is 0.310 e. The van der Waals surface area contributed by atoms with Crippen molar-refractivity contribution >= 4 is 27.9 Å². The molecular formula is C10H13BrN4O2. The first-order valence-electron chi connectivity index (χ1n) is 5.19. The highest BCUT2D eigenvalue weighted by Gasteiger charge is 2.50. The number of hydrogen-bond acceptors (Lipinski definition) is 4. The molecule has 17 heavy (non-hydrogen) atoms. The van der Waals surface area contributed by atoms with Crippen molar-refractivity contribution in [1.82, 2.24) is 20.4 Å². The lowest BCUT2D eigenvalue weighted by Gasteiger charge is -2.35. The Balaban J connectivity index is 2.24. The standard InChI is InChI=1S/C10H13BrN4O2/c1-3-4-5-15-6-7(12-9(15)11)14(2)10(17)13-8(6)16/h6-7,9,12H,5H2,1-2H3,(H,13,16,17). The van der Waals surface area contributed by atoms with Crippen molar-refractivity contribution in [2.75, 3.05) is 13.6 Å². The Labute approximate surface area is 108 Å². The van der Waals surface area contributed by atoms with Crippen LogP contribution in [-0.2, 0) is 4.79 Å². The van der Waals surface area contributed by atoms with E-state index >= 15 is 0 Å². The van der Waals surface area contributed by atoms with E-state index in [0.29, 0.717) is 6.54 Å². The van der Waals surface area contributed by atoms with Crippen LogP contribution in [0.5, 0.6) is 0 Å². The van der Waals surface area contributed by atoms with Crippen LogP contribution in [-0.4, -0.2) is 52.6 Å². The lowest BCUT2D eigenvalue weighted by atomic mass is 10.1. The molecular weight excluding hydrogens is 288 g/mol. The van der Waals surface area contributed by atoms with Gasteiger partial charge in [0.05, 0.1) is 6.54 Å². The van der Waals surface area contributed by atoms with E-state index in [1.807, 2.05) is 4.90 Å². The molecule has 2 saturated heterocycles. The largest absolute Gasteiger partial charge is 0.325 e. The maximum absolute atomic E-state index is 11.8. The average molecular weight is 301 g/mol. The number of carbonyl (C=O) groups excluding carboxylic acids is 2. The molecule has 2 fully saturated rings. The third-order valence-corrected chi connectivity index (χ3v) is 3.72. The van der Waals surface area contributed by atoms with Gasteiger partial charge in [0.2, 0.25) is 5.91 Å². The van der Waals surface area contributed by atoms with Crippen LogP contribution >= 0.6 is 15.9 Å². The summed E-state index contributed by atoms with van der Waals surface area (Å²) in [7, 11) is 1.65. The quantitative estimate of drug-likeness (QED) is 0.388. The zero-order valence-electron chi connectivity index (χ0n) is 9.53. The Morgan fingerprint density at radius 3 is 2.82 bits per heavy atom. The van der Waals surface area contributed by atoms with Crippen LogP contribution in [0.25, 0.3) is 0 Å². The minimum Gasteiger partial charge on any atom is -0.310 e. The fourth-order valence-corrected chi connectivity index (χ4v) is 2.68. The molecule has 92 valence electrons. The van der Waals surface area contributed by atoms with Gasteiger partial charge >= 0.3 is 6.03 Å². The Hall–Kier alpha value is -1.10. The molecule has 2 heterocycles. The predicted octanol–water partition coefficient (Wildman–Crippen LogP) is -0.530. The van der Waals surface area contributed by atoms with Gasteiger partial charge in [-0.3, -0.25) is 20.3 Å². The number of amides is 3. The molecule has 0 bridgehead atoms. The second kappa shape index (κ2) is 4.64. The topological polar surface area (TPSA) is 64.7 Å². The highest BCUT2D eigenvalue weighted by molar-refractivity contribution is 9.09. The van der Waals surface area contributed by atoms with Crippen LogP contribution in [0.2, 0.25) is 0 Å². The summed E-state index contributed by atoms with van der Waals surface area (Å²) in [6.45, 7) is 2.22. The summed E-state index contributed by atoms with van der Waals surface area (Å²) in [5.74, 6) is 5.43. The second-order valence-corrected chi connectivity index (χ2v) is 4.76. The van der Waals surface area contributed by atoms with Crippen molar-refractivity contribution in [2.45, 2.75) is 24.2 Å². The Morgan fingerprint density at radius 1 is 1.47 bits per heavy atom. The molecule has 3 atom stereocenters. The summed E-state index contributed by atoms with van der Waals surface area (Å²) >= 11 is 3.43. The van der Waals surface area contributed by atoms with Crippen molar-refractivity contribution in [3.8, 4) is 11.8 Å². The molecule has 3 amide bonds. The molecule has 2 aliphatic heterocycles. The summed E-state index contributed by atoms with van der Waals surface area (Å²) in [4.78, 5) is 26.7. The number of imide groups is 1. The average Bonchev–Trinajstić information content (AvgIpc) is 2.61. The molecule has 2 N–H and O–H groups in total. The molecule has 0 radical (unpaired) electrons. The number of halogens is 1. The zero-order chi connectivity index (χ0) is 12.6. The highest BCUT2D eigenvalue weighted by Crippen LogP contribution is 2.24. The van der Waals surface area contributed by atoms with E-state index in [-0.39, 0.29) is 23.2 Å². The Bertz CT molecular complexity index is 416. The first-order chi connectivity index (χ1) is 8.06. The molecule has 6 nitrogen and oxygen atoms in total. The Kier molecular flexibility index (Phi) is 3.38. The van der Waals surface area contributed by atoms with Gasteiger partial charge in [-0.15, -0.1) is 5.92 Å². The van der Waals surface area contributed by atoms with Gasteiger partial charge in [0, 0.05) is 7.05 Å². The number of nitrogens with zero attached hydrogens (tertiary/aromatic N) is 2. The van der Waals surface area contributed by atoms with Gasteiger partial charge < -0.3 is 4.90 Å². The molecule has 0 saturated carbocycles. The molecule has 7 heteroatoms. The Morgan fingerprint density at radius 2 is 2.18 bits per heavy atom. The number of urea groups is 1. The minimum absolute atomic E-state index is 0.169. The minimum atomic E-state index is -0.414. The van der Waals surface area contributed by atoms with Crippen molar-refractivity contribution in [1.29, 1.82) is 0 Å². The van der Waals surface area contributed by atoms with Gasteiger partial charge in [-0.05, 0) is 6.92 Å². The van der Waals surface area contributed by atoms with E-state index in [1.165, 1.54) is 4.90 Å². The van der Waals surface area contributed by atoms with Crippen LogP contribution < -0.4 is 10.6 Å². The number of rotatable bonds is 1. The van der Waals surface area contributed by atoms with Gasteiger partial charge in [-0.25, -0.2) is 4.79 Å². The van der Waals surface area contributed by atoms with Crippen LogP contribution in [0.15, 0.2) is 0 Å². The van der Waals surface area contributed by atoms with Crippen molar-refractivity contribution in [2.24, 2.45) is 0 Å². The van der Waals surface area contributed by atoms with Crippen LogP contribution in [0.3, 0.4) is 0 Å². The molecule has 3 unspecified atom stereocenters. The first-order valence-corrected chi connectivity index (χ1v) is 6.11. The molecule has 0 spiro atoms. The summed E-state index contributed by atoms with van der Waals surface area (Å²) in [5.41, 5.74) is 0. The number of carbonyl (C=O) groups is 2. The number of fused-ring (bicyclic) bond motifs is 1. The fourth-order valence-electron chi connectivity index (χ4n) is 2.01. The maximum atomic E-state index is 11.8. The zero-order valence-corrected chi connectivity index (χ0v) is 11.1. The second-order valence-electron chi connectivity index (χ2n) is 3.90. The third kappa shape index (κ3) is 2.04. The predicted molar refractivity (Wildman–Crippen MR) is 64.9 cm³/mol. The SMILES string of the molecule is CC#CCN1C(Br)NC2C1C(=O)NC(=O)N2C. The lowest BCUT2D eigenvalue weighted by molar-refractivity contribution is -0.127. The number of hydrogen-bond donors (Lipinski definition) is 2. The highest BCUT2D eigenvalue weighted by atomic mass is 79.9. The van der Waals surface area contributed by atoms with Gasteiger partial charge in [-0.1, -0.05) is 21.9 Å². The van der Waals surface area contributed by atoms with Gasteiger partial charge in [0.1, 0.15) is 17.3 Å². The summed E-state index contributed by atoms with van der Waals surface area (Å²) < 4.78 is 0. The summed E-state index contributed by atoms with van der Waals surface area (Å²) in [6.07, 6.45) is -0.320. The number of nitrogens with one attached hydrogen (secondary N) is 2. The molecule has 0 aromatic carbocycles. The van der Waals surface area contributed by atoms with E-state index < -0.39 is 6.04 Å². The van der Waals surface area contributed by atoms with Crippen molar-refractivity contribution < 1.29 is 9.59 Å². The van der Waals surface area contributed by atoms with Gasteiger partial charge in [0.15, 0.2) is 0 Å². The fraction of sp³-hybridized carbons (Fsp3) is 0.600. The van der Waals surface area contributed by atoms with E-state index in [9.17, 15) is 9.59 Å². The summed E-state index contributed by atoms with van der Waals surface area (Å²) in [5, 5.41) is 5.30. The monoisotopic (exact) mass is 300 g/mol. The summed E-state index contributed by atoms with van der Waals surface area (Å²) in [6, 6.07) is -0.796. The van der Waals surface area contributed by atoms with Crippen LogP contribution in [0, 0.1) is 11.8 Å². The van der Waals surface area contributed by atoms with E-state index in [4.69, 9.17) is 0 Å². The van der Waals surface area contributed by atoms with Gasteiger partial charge in [0.25, 0.3) is 0 Å². The molecule has 2 rings (SSSR count). The molecule has 0 aliphatic carbocycles. The maximum Gasteiger partial charge on any atom is 0.325 e. The van der Waals surface area contributed by atoms with Crippen molar-refractivity contribution in [3.63, 3.8) is 0 Å². The van der Waals surface area contributed by atoms with E-state index in [2.05, 4.69) is 38.4 Å². The van der Waals surface area contributed by atoms with E-state index in [1.54, 1.807) is 14.0 Å². The molecule has 0 aromatic rings. The number of alkyl halides is 1. The van der Waals surface area contributed by atoms with Crippen LogP contribution in [0.4, 0.5) is 4.79 Å². The normalized spacial score (nSPS) is 32.9. The first kappa shape index (κ1) is 12.4. The van der Waals surface area contributed by atoms with Gasteiger partial charge in [-0.2, -0.15) is 0 Å². The van der Waals surface area contributed by atoms with Crippen LogP contribution in [0.1, 0.15) is 6.92 Å².